The number of likely N-dealkylation sites (tertiary alicyclic amines) is 1. The number of H-pyrrole nitrogens is 1. The van der Waals surface area contributed by atoms with E-state index in [2.05, 4.69) is 24.1 Å². The SMILES string of the molecule is CC(C)C(=O)N[C@@H]1CCCN(C(=O)c2cc3c([nH]c2=O)CCC(C)(C)C3)C1. The molecule has 0 spiro atoms. The molecule has 2 aliphatic rings. The molecule has 6 heteroatoms. The highest BCUT2D eigenvalue weighted by Crippen LogP contribution is 2.33. The highest BCUT2D eigenvalue weighted by Gasteiger charge is 2.30. The fraction of sp³-hybridized carbons (Fsp3) is 0.667. The Labute approximate surface area is 160 Å². The number of piperidine rings is 1. The van der Waals surface area contributed by atoms with Crippen molar-refractivity contribution in [1.29, 1.82) is 0 Å². The lowest BCUT2D eigenvalue weighted by molar-refractivity contribution is -0.125. The van der Waals surface area contributed by atoms with E-state index >= 15 is 0 Å². The monoisotopic (exact) mass is 373 g/mol. The number of nitrogens with zero attached hydrogens (tertiary/aromatic N) is 1. The summed E-state index contributed by atoms with van der Waals surface area (Å²) in [6, 6.07) is 1.75. The van der Waals surface area contributed by atoms with Crippen molar-refractivity contribution in [3.8, 4) is 0 Å². The van der Waals surface area contributed by atoms with Crippen LogP contribution < -0.4 is 10.9 Å². The summed E-state index contributed by atoms with van der Waals surface area (Å²) in [6.07, 6.45) is 4.43. The van der Waals surface area contributed by atoms with Gasteiger partial charge in [-0.05, 0) is 49.1 Å². The molecule has 2 heterocycles. The van der Waals surface area contributed by atoms with Gasteiger partial charge in [-0.15, -0.1) is 0 Å². The Morgan fingerprint density at radius 2 is 2.07 bits per heavy atom. The zero-order chi connectivity index (χ0) is 19.8. The quantitative estimate of drug-likeness (QED) is 0.853. The molecule has 2 amide bonds. The van der Waals surface area contributed by atoms with Gasteiger partial charge < -0.3 is 15.2 Å². The maximum atomic E-state index is 13.0. The summed E-state index contributed by atoms with van der Waals surface area (Å²) < 4.78 is 0. The van der Waals surface area contributed by atoms with E-state index in [0.717, 1.165) is 43.4 Å². The number of amides is 2. The van der Waals surface area contributed by atoms with Gasteiger partial charge in [0, 0.05) is 30.7 Å². The van der Waals surface area contributed by atoms with E-state index in [4.69, 9.17) is 0 Å². The first kappa shape index (κ1) is 19.6. The summed E-state index contributed by atoms with van der Waals surface area (Å²) in [5, 5.41) is 3.01. The molecule has 1 aliphatic carbocycles. The van der Waals surface area contributed by atoms with Crippen LogP contribution in [-0.2, 0) is 17.6 Å². The molecule has 3 rings (SSSR count). The van der Waals surface area contributed by atoms with Gasteiger partial charge in [-0.2, -0.15) is 0 Å². The third-order valence-electron chi connectivity index (χ3n) is 5.75. The lowest BCUT2D eigenvalue weighted by Gasteiger charge is -2.34. The molecule has 1 saturated heterocycles. The smallest absolute Gasteiger partial charge is 0.261 e. The van der Waals surface area contributed by atoms with Crippen molar-refractivity contribution in [3.63, 3.8) is 0 Å². The van der Waals surface area contributed by atoms with Gasteiger partial charge in [-0.3, -0.25) is 14.4 Å². The highest BCUT2D eigenvalue weighted by atomic mass is 16.2. The van der Waals surface area contributed by atoms with Crippen molar-refractivity contribution in [3.05, 3.63) is 33.2 Å². The Morgan fingerprint density at radius 3 is 2.78 bits per heavy atom. The van der Waals surface area contributed by atoms with E-state index in [1.165, 1.54) is 0 Å². The number of pyridine rings is 1. The average Bonchev–Trinajstić information content (AvgIpc) is 2.60. The first-order valence-corrected chi connectivity index (χ1v) is 10.0. The molecule has 0 radical (unpaired) electrons. The second-order valence-electron chi connectivity index (χ2n) is 9.11. The standard InChI is InChI=1S/C21H31N3O3/c1-13(2)18(25)22-15-6-5-9-24(12-15)20(27)16-10-14-11-21(3,4)8-7-17(14)23-19(16)26/h10,13,15H,5-9,11-12H2,1-4H3,(H,22,25)(H,23,26)/t15-/m1/s1. The molecule has 0 bridgehead atoms. The fourth-order valence-corrected chi connectivity index (χ4v) is 4.04. The second-order valence-corrected chi connectivity index (χ2v) is 9.11. The second kappa shape index (κ2) is 7.49. The van der Waals surface area contributed by atoms with Crippen LogP contribution >= 0.6 is 0 Å². The minimum Gasteiger partial charge on any atom is -0.351 e. The van der Waals surface area contributed by atoms with Gasteiger partial charge >= 0.3 is 0 Å². The normalized spacial score (nSPS) is 21.7. The van der Waals surface area contributed by atoms with Crippen LogP contribution in [-0.4, -0.2) is 40.8 Å². The Kier molecular flexibility index (Phi) is 5.45. The van der Waals surface area contributed by atoms with Crippen LogP contribution in [0.2, 0.25) is 0 Å². The first-order valence-electron chi connectivity index (χ1n) is 10.0. The van der Waals surface area contributed by atoms with Crippen LogP contribution in [0.5, 0.6) is 0 Å². The van der Waals surface area contributed by atoms with Crippen LogP contribution in [0.25, 0.3) is 0 Å². The molecule has 6 nitrogen and oxygen atoms in total. The summed E-state index contributed by atoms with van der Waals surface area (Å²) in [4.78, 5) is 42.1. The number of nitrogens with one attached hydrogen (secondary N) is 2. The highest BCUT2D eigenvalue weighted by molar-refractivity contribution is 5.94. The minimum atomic E-state index is -0.299. The summed E-state index contributed by atoms with van der Waals surface area (Å²) in [7, 11) is 0. The number of aromatic nitrogens is 1. The van der Waals surface area contributed by atoms with Crippen LogP contribution in [0.4, 0.5) is 0 Å². The molecular formula is C21H31N3O3. The molecule has 1 fully saturated rings. The average molecular weight is 373 g/mol. The largest absolute Gasteiger partial charge is 0.351 e. The number of hydrogen-bond donors (Lipinski definition) is 2. The minimum absolute atomic E-state index is 0.00292. The molecule has 1 aromatic rings. The van der Waals surface area contributed by atoms with Gasteiger partial charge in [0.2, 0.25) is 5.91 Å². The lowest BCUT2D eigenvalue weighted by atomic mass is 9.76. The Morgan fingerprint density at radius 1 is 1.33 bits per heavy atom. The maximum Gasteiger partial charge on any atom is 0.261 e. The van der Waals surface area contributed by atoms with Crippen LogP contribution in [0.1, 0.15) is 68.6 Å². The zero-order valence-corrected chi connectivity index (χ0v) is 16.9. The van der Waals surface area contributed by atoms with Gasteiger partial charge in [0.25, 0.3) is 11.5 Å². The number of fused-ring (bicyclic) bond motifs is 1. The molecule has 148 valence electrons. The molecule has 1 atom stereocenters. The fourth-order valence-electron chi connectivity index (χ4n) is 4.04. The molecule has 1 aromatic heterocycles. The van der Waals surface area contributed by atoms with Gasteiger partial charge in [0.15, 0.2) is 0 Å². The van der Waals surface area contributed by atoms with Gasteiger partial charge in [0.05, 0.1) is 0 Å². The van der Waals surface area contributed by atoms with E-state index in [1.54, 1.807) is 11.0 Å². The maximum absolute atomic E-state index is 13.0. The van der Waals surface area contributed by atoms with Gasteiger partial charge in [-0.25, -0.2) is 0 Å². The zero-order valence-electron chi connectivity index (χ0n) is 16.9. The Hall–Kier alpha value is -2.11. The van der Waals surface area contributed by atoms with Crippen LogP contribution in [0.15, 0.2) is 10.9 Å². The topological polar surface area (TPSA) is 82.3 Å². The molecule has 1 aliphatic heterocycles. The van der Waals surface area contributed by atoms with Crippen molar-refractivity contribution in [1.82, 2.24) is 15.2 Å². The van der Waals surface area contributed by atoms with Crippen molar-refractivity contribution in [2.75, 3.05) is 13.1 Å². The van der Waals surface area contributed by atoms with Crippen LogP contribution in [0.3, 0.4) is 0 Å². The third kappa shape index (κ3) is 4.42. The summed E-state index contributed by atoms with van der Waals surface area (Å²) >= 11 is 0. The number of aromatic amines is 1. The lowest BCUT2D eigenvalue weighted by Crippen LogP contribution is -2.51. The molecule has 2 N–H and O–H groups in total. The number of aryl methyl sites for hydroxylation is 1. The molecular weight excluding hydrogens is 342 g/mol. The van der Waals surface area contributed by atoms with E-state index in [1.807, 2.05) is 13.8 Å². The predicted octanol–water partition coefficient (Wildman–Crippen LogP) is 2.27. The van der Waals surface area contributed by atoms with E-state index in [-0.39, 0.29) is 40.3 Å². The van der Waals surface area contributed by atoms with E-state index in [9.17, 15) is 14.4 Å². The van der Waals surface area contributed by atoms with Gasteiger partial charge in [-0.1, -0.05) is 27.7 Å². The van der Waals surface area contributed by atoms with Crippen molar-refractivity contribution in [2.24, 2.45) is 11.3 Å². The number of hydrogen-bond acceptors (Lipinski definition) is 3. The molecule has 0 aromatic carbocycles. The Bertz CT molecular complexity index is 794. The Balaban J connectivity index is 1.77. The van der Waals surface area contributed by atoms with Crippen LogP contribution in [0, 0.1) is 11.3 Å². The van der Waals surface area contributed by atoms with Crippen molar-refractivity contribution < 1.29 is 9.59 Å². The summed E-state index contributed by atoms with van der Waals surface area (Å²) in [6.45, 7) is 9.23. The first-order chi connectivity index (χ1) is 12.7. The predicted molar refractivity (Wildman–Crippen MR) is 105 cm³/mol. The molecule has 0 unspecified atom stereocenters. The molecule has 27 heavy (non-hydrogen) atoms. The van der Waals surface area contributed by atoms with Crippen molar-refractivity contribution >= 4 is 11.8 Å². The summed E-state index contributed by atoms with van der Waals surface area (Å²) in [5.74, 6) is -0.308. The van der Waals surface area contributed by atoms with Crippen molar-refractivity contribution in [2.45, 2.75) is 65.8 Å². The van der Waals surface area contributed by atoms with E-state index in [0.29, 0.717) is 13.1 Å². The number of carbonyl (C=O) groups is 2. The molecule has 0 saturated carbocycles. The van der Waals surface area contributed by atoms with E-state index < -0.39 is 0 Å². The number of carbonyl (C=O) groups excluding carboxylic acids is 2. The third-order valence-corrected chi connectivity index (χ3v) is 5.75. The number of rotatable bonds is 3. The summed E-state index contributed by atoms with van der Waals surface area (Å²) in [5.41, 5.74) is 2.16. The van der Waals surface area contributed by atoms with Gasteiger partial charge in [0.1, 0.15) is 5.56 Å².